The summed E-state index contributed by atoms with van der Waals surface area (Å²) in [4.78, 5) is 9.89. The molecular weight excluding hydrogens is 1070 g/mol. The van der Waals surface area contributed by atoms with Gasteiger partial charge in [0.15, 0.2) is 18.6 Å². The van der Waals surface area contributed by atoms with Gasteiger partial charge in [-0.15, -0.1) is 34.0 Å². The van der Waals surface area contributed by atoms with E-state index in [-0.39, 0.29) is 0 Å². The van der Waals surface area contributed by atoms with Crippen molar-refractivity contribution < 1.29 is 17.8 Å². The first-order valence-electron chi connectivity index (χ1n) is 29.4. The van der Waals surface area contributed by atoms with Crippen LogP contribution in [0.15, 0.2) is 219 Å². The van der Waals surface area contributed by atoms with Crippen LogP contribution < -0.4 is 13.7 Å². The fourth-order valence-electron chi connectivity index (χ4n) is 11.8. The highest BCUT2D eigenvalue weighted by Gasteiger charge is 2.21. The number of aryl methyl sites for hydroxylation is 8. The van der Waals surface area contributed by atoms with Gasteiger partial charge in [0.05, 0.1) is 47.6 Å². The van der Waals surface area contributed by atoms with E-state index in [0.717, 1.165) is 38.9 Å². The van der Waals surface area contributed by atoms with Gasteiger partial charge in [-0.2, -0.15) is 0 Å². The maximum Gasteiger partial charge on any atom is 0.213 e. The number of hydrogen-bond acceptors (Lipinski definition) is 5. The minimum absolute atomic E-state index is 0.380. The van der Waals surface area contributed by atoms with Gasteiger partial charge in [0.1, 0.15) is 21.1 Å². The molecule has 8 aromatic carbocycles. The van der Waals surface area contributed by atoms with Crippen LogP contribution >= 0.6 is 34.0 Å². The zero-order valence-corrected chi connectivity index (χ0v) is 49.7. The third kappa shape index (κ3) is 9.66. The molecule has 0 aliphatic rings. The van der Waals surface area contributed by atoms with Crippen molar-refractivity contribution in [2.24, 2.45) is 21.1 Å². The van der Waals surface area contributed by atoms with Crippen LogP contribution in [0.25, 0.3) is 138 Å². The molecule has 0 N–H and O–H groups in total. The van der Waals surface area contributed by atoms with Crippen molar-refractivity contribution in [3.63, 3.8) is 0 Å². The van der Waals surface area contributed by atoms with E-state index in [9.17, 15) is 0 Å². The van der Waals surface area contributed by atoms with Gasteiger partial charge in [-0.1, -0.05) is 126 Å². The van der Waals surface area contributed by atoms with Crippen LogP contribution in [0, 0.1) is 34.5 Å². The second kappa shape index (κ2) is 21.0. The highest BCUT2D eigenvalue weighted by atomic mass is 32.1. The number of aromatic nitrogens is 5. The lowest BCUT2D eigenvalue weighted by Gasteiger charge is -2.06. The monoisotopic (exact) mass is 1130 g/mol. The van der Waals surface area contributed by atoms with Crippen LogP contribution in [0.5, 0.6) is 0 Å². The van der Waals surface area contributed by atoms with Crippen molar-refractivity contribution in [2.45, 2.75) is 34.5 Å². The van der Waals surface area contributed by atoms with Crippen LogP contribution in [0.2, 0.25) is 0 Å². The summed E-state index contributed by atoms with van der Waals surface area (Å²) in [6.45, 7) is 6.35. The van der Waals surface area contributed by atoms with Crippen molar-refractivity contribution in [1.82, 2.24) is 9.97 Å². The van der Waals surface area contributed by atoms with E-state index in [0.29, 0.717) is 5.56 Å². The molecule has 83 heavy (non-hydrogen) atoms. The third-order valence-electron chi connectivity index (χ3n) is 16.2. The summed E-state index contributed by atoms with van der Waals surface area (Å²) < 4.78 is 37.3. The van der Waals surface area contributed by atoms with E-state index in [1.54, 1.807) is 23.5 Å². The number of benzene rings is 8. The minimum atomic E-state index is -2.09. The van der Waals surface area contributed by atoms with Crippen LogP contribution in [0.3, 0.4) is 0 Å². The fourth-order valence-corrected chi connectivity index (χ4v) is 15.2. The van der Waals surface area contributed by atoms with Crippen molar-refractivity contribution >= 4 is 127 Å². The summed E-state index contributed by atoms with van der Waals surface area (Å²) in [6, 6.07) is 70.5. The summed E-state index contributed by atoms with van der Waals surface area (Å²) in [7, 11) is 6.30. The molecule has 0 aliphatic carbocycles. The number of para-hydroxylation sites is 1. The Morgan fingerprint density at radius 2 is 0.843 bits per heavy atom. The Kier molecular flexibility index (Phi) is 12.3. The zero-order chi connectivity index (χ0) is 59.1. The molecule has 8 heterocycles. The van der Waals surface area contributed by atoms with Gasteiger partial charge in [0.25, 0.3) is 0 Å². The first kappa shape index (κ1) is 48.6. The lowest BCUT2D eigenvalue weighted by molar-refractivity contribution is -0.659. The Hall–Kier alpha value is -9.05. The van der Waals surface area contributed by atoms with Gasteiger partial charge in [0, 0.05) is 74.0 Å². The predicted molar refractivity (Wildman–Crippen MR) is 355 cm³/mol. The molecule has 0 radical (unpaired) electrons. The summed E-state index contributed by atoms with van der Waals surface area (Å²) in [5.74, 6) is 0. The maximum absolute atomic E-state index is 7.71. The quantitative estimate of drug-likeness (QED) is 0.165. The smallest absolute Gasteiger partial charge is 0.213 e. The second-order valence-electron chi connectivity index (χ2n) is 21.9. The number of hydrogen-bond donors (Lipinski definition) is 0. The van der Waals surface area contributed by atoms with E-state index in [2.05, 4.69) is 244 Å². The van der Waals surface area contributed by atoms with E-state index in [4.69, 9.17) is 14.1 Å². The standard InChI is InChI=1S/C30H24NS.C23H19N2S.C22H17N2S/c1-19-9-12-25(20(2)13-19)28-17-30-27(18-31(28)3)26-15-23-11-10-22(21-7-5-4-6-8-21)14-24(23)16-29(26)32-30;1-14-8-9-19-16(10-14)11-22-23(24-19)18-13-25(3)20(12-21(18)26-22)17-7-5-4-6-15(17)2;1-14-7-3-5-9-16(14)19-12-20-17(13-24(19)2)22-21(25-20)11-15-8-4-6-10-18(15)23-22/h4-18H,1-3H3;4-13H,1-3H3;3-13H,1-2H3/q3*+1/i1D3;;. The Labute approximate surface area is 499 Å². The molecule has 0 bridgehead atoms. The van der Waals surface area contributed by atoms with Crippen molar-refractivity contribution in [2.75, 3.05) is 0 Å². The van der Waals surface area contributed by atoms with Gasteiger partial charge in [-0.05, 0) is 140 Å². The molecule has 8 heteroatoms. The molecule has 0 fully saturated rings. The van der Waals surface area contributed by atoms with Crippen molar-refractivity contribution in [3.8, 4) is 44.9 Å². The number of nitrogens with zero attached hydrogens (tertiary/aromatic N) is 5. The normalized spacial score (nSPS) is 12.3. The number of thiophene rings is 3. The molecule has 0 spiro atoms. The molecule has 0 aliphatic heterocycles. The molecule has 0 unspecified atom stereocenters. The first-order valence-corrected chi connectivity index (χ1v) is 30.4. The highest BCUT2D eigenvalue weighted by Crippen LogP contribution is 2.40. The molecule has 5 nitrogen and oxygen atoms in total. The SMILES string of the molecule is Cc1ccc2nc3c(cc2c1)sc1cc(-c2ccccc2C)[n+](C)cc13.Cc1ccccc1-c1cc2sc3cc4ccccc4nc3c2c[n+]1C.[2H]C([2H])([2H])c1ccc(-c2cc3sc4cc5cc(-c6ccccc6)ccc5cc4c3c[n+]2C)c(C)c1. The summed E-state index contributed by atoms with van der Waals surface area (Å²) in [5, 5.41) is 9.85. The summed E-state index contributed by atoms with van der Waals surface area (Å²) in [6.07, 6.45) is 6.64. The van der Waals surface area contributed by atoms with Crippen molar-refractivity contribution in [3.05, 3.63) is 247 Å². The Balaban J connectivity index is 0.000000116. The molecule has 400 valence electrons. The molecule has 0 amide bonds. The largest absolute Gasteiger partial charge is 0.246 e. The molecule has 16 rings (SSSR count). The Morgan fingerprint density at radius 3 is 1.47 bits per heavy atom. The van der Waals surface area contributed by atoms with Crippen LogP contribution in [0.1, 0.15) is 31.9 Å². The average Bonchev–Trinajstić information content (AvgIpc) is 1.92. The molecule has 0 saturated heterocycles. The second-order valence-corrected chi connectivity index (χ2v) is 25.2. The molecule has 16 aromatic rings. The average molecular weight is 1130 g/mol. The Morgan fingerprint density at radius 1 is 0.337 bits per heavy atom. The molecule has 8 aromatic heterocycles. The topological polar surface area (TPSA) is 37.4 Å². The fraction of sp³-hybridized carbons (Fsp3) is 0.107. The van der Waals surface area contributed by atoms with Gasteiger partial charge in [0.2, 0.25) is 17.1 Å². The minimum Gasteiger partial charge on any atom is -0.246 e. The van der Waals surface area contributed by atoms with Crippen molar-refractivity contribution in [1.29, 1.82) is 0 Å². The predicted octanol–water partition coefficient (Wildman–Crippen LogP) is 19.1. The van der Waals surface area contributed by atoms with E-state index in [1.807, 2.05) is 47.8 Å². The Bertz CT molecular complexity index is 5390. The van der Waals surface area contributed by atoms with E-state index < -0.39 is 6.85 Å². The van der Waals surface area contributed by atoms with Gasteiger partial charge in [-0.25, -0.2) is 23.7 Å². The summed E-state index contributed by atoms with van der Waals surface area (Å²) in [5.41, 5.74) is 19.2. The third-order valence-corrected chi connectivity index (χ3v) is 19.5. The van der Waals surface area contributed by atoms with Crippen LogP contribution in [-0.2, 0) is 21.1 Å². The van der Waals surface area contributed by atoms with Crippen LogP contribution in [0.4, 0.5) is 0 Å². The maximum atomic E-state index is 7.71. The van der Waals surface area contributed by atoms with Crippen LogP contribution in [-0.4, -0.2) is 9.97 Å². The lowest BCUT2D eigenvalue weighted by atomic mass is 9.99. The number of rotatable bonds is 4. The van der Waals surface area contributed by atoms with Gasteiger partial charge in [-0.3, -0.25) is 0 Å². The zero-order valence-electron chi connectivity index (χ0n) is 50.2. The van der Waals surface area contributed by atoms with E-state index >= 15 is 0 Å². The van der Waals surface area contributed by atoms with Gasteiger partial charge < -0.3 is 0 Å². The first-order chi connectivity index (χ1) is 41.6. The summed E-state index contributed by atoms with van der Waals surface area (Å²) >= 11 is 5.46. The lowest BCUT2D eigenvalue weighted by Crippen LogP contribution is -2.30. The van der Waals surface area contributed by atoms with Gasteiger partial charge >= 0.3 is 0 Å². The number of fused-ring (bicyclic) bond motifs is 12. The van der Waals surface area contributed by atoms with E-state index in [1.165, 1.54) is 122 Å². The molecule has 0 saturated carbocycles. The molecule has 0 atom stereocenters. The number of pyridine rings is 5. The molecular formula is C75H60N5S3+3. The highest BCUT2D eigenvalue weighted by molar-refractivity contribution is 7.26.